The van der Waals surface area contributed by atoms with Crippen molar-refractivity contribution in [1.82, 2.24) is 14.3 Å². The van der Waals surface area contributed by atoms with Crippen LogP contribution < -0.4 is 4.74 Å². The van der Waals surface area contributed by atoms with Crippen molar-refractivity contribution in [3.63, 3.8) is 0 Å². The standard InChI is InChI=1S/C15H19N3O3/c1-21-11-5-8-18-12(9-11)14(15(19)20)16-13(18)10-17-6-3-2-4-7-17/h5,8-9H,2-4,6-7,10H2,1H3,(H,19,20). The molecule has 3 rings (SSSR count). The van der Waals surface area contributed by atoms with E-state index >= 15 is 0 Å². The summed E-state index contributed by atoms with van der Waals surface area (Å²) in [5.74, 6) is 0.395. The molecular weight excluding hydrogens is 270 g/mol. The fraction of sp³-hybridized carbons (Fsp3) is 0.467. The lowest BCUT2D eigenvalue weighted by atomic mass is 10.1. The molecule has 1 saturated heterocycles. The Kier molecular flexibility index (Phi) is 3.79. The van der Waals surface area contributed by atoms with Gasteiger partial charge in [-0.2, -0.15) is 0 Å². The van der Waals surface area contributed by atoms with Gasteiger partial charge >= 0.3 is 5.97 Å². The molecule has 3 heterocycles. The summed E-state index contributed by atoms with van der Waals surface area (Å²) in [5.41, 5.74) is 0.662. The van der Waals surface area contributed by atoms with Crippen molar-refractivity contribution in [1.29, 1.82) is 0 Å². The number of carbonyl (C=O) groups is 1. The van der Waals surface area contributed by atoms with Gasteiger partial charge in [-0.1, -0.05) is 6.42 Å². The maximum atomic E-state index is 11.4. The van der Waals surface area contributed by atoms with E-state index in [0.717, 1.165) is 18.9 Å². The van der Waals surface area contributed by atoms with Gasteiger partial charge in [0.25, 0.3) is 0 Å². The predicted octanol–water partition coefficient (Wildman–Crippen LogP) is 2.03. The van der Waals surface area contributed by atoms with Crippen LogP contribution in [-0.4, -0.2) is 45.6 Å². The molecule has 0 aliphatic carbocycles. The maximum Gasteiger partial charge on any atom is 0.356 e. The highest BCUT2D eigenvalue weighted by atomic mass is 16.5. The van der Waals surface area contributed by atoms with Crippen LogP contribution in [0.1, 0.15) is 35.6 Å². The van der Waals surface area contributed by atoms with Crippen molar-refractivity contribution >= 4 is 11.5 Å². The second-order valence-corrected chi connectivity index (χ2v) is 5.34. The molecule has 0 unspecified atom stereocenters. The summed E-state index contributed by atoms with van der Waals surface area (Å²) < 4.78 is 7.02. The lowest BCUT2D eigenvalue weighted by Gasteiger charge is -2.25. The van der Waals surface area contributed by atoms with Gasteiger partial charge in [0.2, 0.25) is 0 Å². The fourth-order valence-corrected chi connectivity index (χ4v) is 2.84. The molecule has 0 amide bonds. The smallest absolute Gasteiger partial charge is 0.356 e. The SMILES string of the molecule is COc1ccn2c(CN3CCCCC3)nc(C(=O)O)c2c1. The maximum absolute atomic E-state index is 11.4. The number of hydrogen-bond acceptors (Lipinski definition) is 4. The van der Waals surface area contributed by atoms with Gasteiger partial charge in [-0.25, -0.2) is 9.78 Å². The van der Waals surface area contributed by atoms with Crippen LogP contribution in [0.2, 0.25) is 0 Å². The number of carboxylic acids is 1. The van der Waals surface area contributed by atoms with Crippen LogP contribution in [0.25, 0.3) is 5.52 Å². The highest BCUT2D eigenvalue weighted by Crippen LogP contribution is 2.21. The molecule has 0 bridgehead atoms. The monoisotopic (exact) mass is 289 g/mol. The van der Waals surface area contributed by atoms with E-state index < -0.39 is 5.97 Å². The van der Waals surface area contributed by atoms with Crippen LogP contribution >= 0.6 is 0 Å². The van der Waals surface area contributed by atoms with Crippen molar-refractivity contribution < 1.29 is 14.6 Å². The number of carboxylic acid groups (broad SMARTS) is 1. The molecule has 6 heteroatoms. The predicted molar refractivity (Wildman–Crippen MR) is 77.8 cm³/mol. The van der Waals surface area contributed by atoms with E-state index in [2.05, 4.69) is 9.88 Å². The molecule has 1 fully saturated rings. The molecule has 1 N–H and O–H groups in total. The topological polar surface area (TPSA) is 67.1 Å². The van der Waals surface area contributed by atoms with Crippen LogP contribution in [0.15, 0.2) is 18.3 Å². The van der Waals surface area contributed by atoms with Gasteiger partial charge in [0.15, 0.2) is 5.69 Å². The van der Waals surface area contributed by atoms with Gasteiger partial charge in [-0.3, -0.25) is 4.90 Å². The first-order chi connectivity index (χ1) is 10.2. The van der Waals surface area contributed by atoms with E-state index in [4.69, 9.17) is 4.74 Å². The first-order valence-corrected chi connectivity index (χ1v) is 7.19. The Morgan fingerprint density at radius 1 is 1.38 bits per heavy atom. The zero-order valence-electron chi connectivity index (χ0n) is 12.1. The molecule has 0 atom stereocenters. The minimum Gasteiger partial charge on any atom is -0.497 e. The Balaban J connectivity index is 1.99. The average molecular weight is 289 g/mol. The summed E-state index contributed by atoms with van der Waals surface area (Å²) in [6, 6.07) is 3.54. The molecule has 1 aliphatic rings. The Bertz CT molecular complexity index is 659. The molecule has 0 saturated carbocycles. The van der Waals surface area contributed by atoms with Crippen molar-refractivity contribution in [3.8, 4) is 5.75 Å². The second-order valence-electron chi connectivity index (χ2n) is 5.34. The number of aromatic carboxylic acids is 1. The highest BCUT2D eigenvalue weighted by Gasteiger charge is 2.19. The summed E-state index contributed by atoms with van der Waals surface area (Å²) in [5, 5.41) is 9.34. The molecule has 112 valence electrons. The lowest BCUT2D eigenvalue weighted by molar-refractivity contribution is 0.0693. The van der Waals surface area contributed by atoms with Crippen LogP contribution in [-0.2, 0) is 6.54 Å². The fourth-order valence-electron chi connectivity index (χ4n) is 2.84. The zero-order chi connectivity index (χ0) is 14.8. The van der Waals surface area contributed by atoms with Gasteiger partial charge < -0.3 is 14.2 Å². The zero-order valence-corrected chi connectivity index (χ0v) is 12.1. The van der Waals surface area contributed by atoms with Gasteiger partial charge in [-0.15, -0.1) is 0 Å². The lowest BCUT2D eigenvalue weighted by Crippen LogP contribution is -2.29. The third kappa shape index (κ3) is 2.71. The molecule has 0 spiro atoms. The summed E-state index contributed by atoms with van der Waals surface area (Å²) in [6.45, 7) is 2.78. The minimum absolute atomic E-state index is 0.0842. The van der Waals surface area contributed by atoms with E-state index in [1.165, 1.54) is 19.3 Å². The third-order valence-electron chi connectivity index (χ3n) is 3.94. The summed E-state index contributed by atoms with van der Waals surface area (Å²) >= 11 is 0. The van der Waals surface area contributed by atoms with Crippen molar-refractivity contribution in [2.24, 2.45) is 0 Å². The molecule has 1 aliphatic heterocycles. The molecule has 0 aromatic carbocycles. The first-order valence-electron chi connectivity index (χ1n) is 7.19. The van der Waals surface area contributed by atoms with Gasteiger partial charge in [0, 0.05) is 12.3 Å². The van der Waals surface area contributed by atoms with E-state index in [1.54, 1.807) is 13.2 Å². The number of pyridine rings is 1. The van der Waals surface area contributed by atoms with E-state index in [1.807, 2.05) is 16.7 Å². The average Bonchev–Trinajstić information content (AvgIpc) is 2.86. The molecule has 0 radical (unpaired) electrons. The van der Waals surface area contributed by atoms with Crippen molar-refractivity contribution in [3.05, 3.63) is 29.8 Å². The number of imidazole rings is 1. The molecular formula is C15H19N3O3. The number of aromatic nitrogens is 2. The van der Waals surface area contributed by atoms with Crippen LogP contribution in [0.3, 0.4) is 0 Å². The Labute approximate surface area is 123 Å². The Morgan fingerprint density at radius 3 is 2.81 bits per heavy atom. The number of likely N-dealkylation sites (tertiary alicyclic amines) is 1. The van der Waals surface area contributed by atoms with Gasteiger partial charge in [0.1, 0.15) is 11.6 Å². The number of ether oxygens (including phenoxy) is 1. The Hall–Kier alpha value is -2.08. The quantitative estimate of drug-likeness (QED) is 0.932. The number of nitrogens with zero attached hydrogens (tertiary/aromatic N) is 3. The number of fused-ring (bicyclic) bond motifs is 1. The third-order valence-corrected chi connectivity index (χ3v) is 3.94. The first kappa shape index (κ1) is 13.9. The Morgan fingerprint density at radius 2 is 2.14 bits per heavy atom. The second kappa shape index (κ2) is 5.73. The number of rotatable bonds is 4. The van der Waals surface area contributed by atoms with E-state index in [0.29, 0.717) is 17.8 Å². The molecule has 21 heavy (non-hydrogen) atoms. The van der Waals surface area contributed by atoms with E-state index in [9.17, 15) is 9.90 Å². The van der Waals surface area contributed by atoms with Gasteiger partial charge in [-0.05, 0) is 32.0 Å². The van der Waals surface area contributed by atoms with Gasteiger partial charge in [0.05, 0.1) is 19.2 Å². The molecule has 6 nitrogen and oxygen atoms in total. The summed E-state index contributed by atoms with van der Waals surface area (Å²) in [6.07, 6.45) is 5.50. The normalized spacial score (nSPS) is 16.2. The van der Waals surface area contributed by atoms with Crippen LogP contribution in [0.4, 0.5) is 0 Å². The highest BCUT2D eigenvalue weighted by molar-refractivity contribution is 5.94. The van der Waals surface area contributed by atoms with Crippen LogP contribution in [0, 0.1) is 0 Å². The number of hydrogen-bond donors (Lipinski definition) is 1. The minimum atomic E-state index is -1.01. The molecule has 2 aromatic heterocycles. The van der Waals surface area contributed by atoms with Crippen molar-refractivity contribution in [2.75, 3.05) is 20.2 Å². The van der Waals surface area contributed by atoms with Crippen molar-refractivity contribution in [2.45, 2.75) is 25.8 Å². The largest absolute Gasteiger partial charge is 0.497 e. The van der Waals surface area contributed by atoms with E-state index in [-0.39, 0.29) is 5.69 Å². The van der Waals surface area contributed by atoms with Crippen LogP contribution in [0.5, 0.6) is 5.75 Å². The summed E-state index contributed by atoms with van der Waals surface area (Å²) in [4.78, 5) is 18.0. The molecule has 2 aromatic rings. The number of methoxy groups -OCH3 is 1. The number of piperidine rings is 1. The summed E-state index contributed by atoms with van der Waals surface area (Å²) in [7, 11) is 1.57.